The van der Waals surface area contributed by atoms with Gasteiger partial charge in [-0.15, -0.1) is 0 Å². The average molecular weight is 942 g/mol. The lowest BCUT2D eigenvalue weighted by molar-refractivity contribution is -0.123. The van der Waals surface area contributed by atoms with Gasteiger partial charge in [-0.3, -0.25) is 33.3 Å². The minimum Gasteiger partial charge on any atom is -0.346 e. The molecule has 1 amide bonds. The summed E-state index contributed by atoms with van der Waals surface area (Å²) < 4.78 is 147. The number of carbonyl (C=O) groups is 1. The minimum absolute atomic E-state index is 0.0247. The summed E-state index contributed by atoms with van der Waals surface area (Å²) in [6.07, 6.45) is 0.0459. The van der Waals surface area contributed by atoms with Gasteiger partial charge in [-0.05, 0) is 55.0 Å². The number of nitrogens with one attached hydrogen (secondary N) is 3. The molecule has 1 fully saturated rings. The number of nitrogens with zero attached hydrogens (tertiary/aromatic N) is 8. The number of halogens is 6. The van der Waals surface area contributed by atoms with Crippen molar-refractivity contribution < 1.29 is 48.0 Å². The second-order valence-electron chi connectivity index (χ2n) is 16.2. The van der Waals surface area contributed by atoms with Crippen molar-refractivity contribution in [2.75, 3.05) is 22.0 Å². The van der Waals surface area contributed by atoms with Crippen LogP contribution in [0.5, 0.6) is 0 Å². The van der Waals surface area contributed by atoms with Crippen LogP contribution in [0.15, 0.2) is 60.8 Å². The van der Waals surface area contributed by atoms with E-state index in [9.17, 15) is 39.2 Å². The topological polar surface area (TPSA) is 201 Å². The number of carbonyl (C=O) groups excluding carboxylic acids is 1. The molecule has 3 aromatic carbocycles. The minimum atomic E-state index is -3.84. The molecule has 0 radical (unpaired) electrons. The van der Waals surface area contributed by atoms with Crippen molar-refractivity contribution >= 4 is 59.4 Å². The van der Waals surface area contributed by atoms with Crippen LogP contribution in [-0.2, 0) is 57.8 Å². The van der Waals surface area contributed by atoms with Crippen LogP contribution in [0.3, 0.4) is 0 Å². The molecule has 4 heterocycles. The molecule has 1 unspecified atom stereocenters. The number of benzene rings is 3. The van der Waals surface area contributed by atoms with Gasteiger partial charge in [0.15, 0.2) is 11.6 Å². The summed E-state index contributed by atoms with van der Waals surface area (Å²) in [5.41, 5.74) is -0.234. The normalized spacial score (nSPS) is 17.3. The third-order valence-electron chi connectivity index (χ3n) is 11.6. The SMILES string of the molecule is Cn1nc(NS(C)(=O)=O)c2cccc(-c3cnc(C(Cc4cc(F)cc(F)c4)NC(=O)Cn4nc(C(F)F)c5c4C(F)(F)[C@@H]4CC[C@H]54)c(-c4cccc5c(NS(C)(=O)=O)nn(C)c45)n3)c21. The third kappa shape index (κ3) is 7.91. The Hall–Kier alpha value is -6.56. The maximum absolute atomic E-state index is 15.8. The van der Waals surface area contributed by atoms with Crippen LogP contribution in [0.4, 0.5) is 38.0 Å². The summed E-state index contributed by atoms with van der Waals surface area (Å²) in [4.78, 5) is 24.0. The number of rotatable bonds is 13. The fourth-order valence-corrected chi connectivity index (χ4v) is 10.1. The fraction of sp³-hybridized carbons (Fsp3) is 0.317. The highest BCUT2D eigenvalue weighted by Gasteiger charge is 2.62. The van der Waals surface area contributed by atoms with Gasteiger partial charge >= 0.3 is 0 Å². The van der Waals surface area contributed by atoms with Crippen LogP contribution in [0.2, 0.25) is 0 Å². The van der Waals surface area contributed by atoms with E-state index < -0.39 is 85.7 Å². The number of hydrogen-bond donors (Lipinski definition) is 3. The summed E-state index contributed by atoms with van der Waals surface area (Å²) in [6, 6.07) is 11.0. The van der Waals surface area contributed by atoms with E-state index in [0.29, 0.717) is 38.1 Å². The zero-order chi connectivity index (χ0) is 46.5. The molecule has 9 rings (SSSR count). The molecule has 1 saturated carbocycles. The number of aromatic nitrogens is 8. The molecule has 2 aliphatic rings. The lowest BCUT2D eigenvalue weighted by Gasteiger charge is -2.34. The first kappa shape index (κ1) is 43.7. The van der Waals surface area contributed by atoms with E-state index in [1.165, 1.54) is 22.6 Å². The zero-order valence-corrected chi connectivity index (χ0v) is 36.2. The molecule has 0 saturated heterocycles. The van der Waals surface area contributed by atoms with E-state index in [-0.39, 0.29) is 64.7 Å². The molecule has 16 nitrogen and oxygen atoms in total. The van der Waals surface area contributed by atoms with E-state index >= 15 is 8.78 Å². The van der Waals surface area contributed by atoms with Crippen molar-refractivity contribution in [1.29, 1.82) is 0 Å². The Balaban J connectivity index is 1.22. The number of anilines is 2. The van der Waals surface area contributed by atoms with Gasteiger partial charge in [0.25, 0.3) is 12.3 Å². The molecular weight excluding hydrogens is 905 g/mol. The van der Waals surface area contributed by atoms with Crippen LogP contribution >= 0.6 is 0 Å². The smallest absolute Gasteiger partial charge is 0.293 e. The number of hydrogen-bond acceptors (Lipinski definition) is 10. The predicted octanol–water partition coefficient (Wildman–Crippen LogP) is 6.44. The summed E-state index contributed by atoms with van der Waals surface area (Å²) in [7, 11) is -4.48. The third-order valence-corrected chi connectivity index (χ3v) is 12.7. The van der Waals surface area contributed by atoms with Gasteiger partial charge in [0, 0.05) is 53.5 Å². The van der Waals surface area contributed by atoms with Gasteiger partial charge in [0.05, 0.1) is 52.9 Å². The van der Waals surface area contributed by atoms with E-state index in [4.69, 9.17) is 9.97 Å². The second-order valence-corrected chi connectivity index (χ2v) is 19.7. The summed E-state index contributed by atoms with van der Waals surface area (Å²) in [5, 5.41) is 16.0. The summed E-state index contributed by atoms with van der Waals surface area (Å²) >= 11 is 0. The van der Waals surface area contributed by atoms with E-state index in [1.54, 1.807) is 43.4 Å². The van der Waals surface area contributed by atoms with Crippen LogP contribution in [0, 0.1) is 17.6 Å². The Kier molecular flexibility index (Phi) is 10.5. The molecular formula is C41H37F6N11O5S2. The van der Waals surface area contributed by atoms with Crippen molar-refractivity contribution in [1.82, 2.24) is 44.6 Å². The highest BCUT2D eigenvalue weighted by Crippen LogP contribution is 2.63. The van der Waals surface area contributed by atoms with Crippen molar-refractivity contribution in [3.8, 4) is 22.5 Å². The largest absolute Gasteiger partial charge is 0.346 e. The number of amides is 1. The lowest BCUT2D eigenvalue weighted by Crippen LogP contribution is -2.36. The Morgan fingerprint density at radius 3 is 1.97 bits per heavy atom. The molecule has 0 bridgehead atoms. The molecule has 340 valence electrons. The van der Waals surface area contributed by atoms with Crippen LogP contribution in [0.25, 0.3) is 44.3 Å². The molecule has 24 heteroatoms. The standard InChI is InChI=1S/C41H37F6N11O5S2/c1-56-35-23(7-5-9-25(35)39(52-56)54-64(3,60)61)29-17-48-33(32(50-29)24-8-6-10-26-36(24)57(2)53-40(26)55-65(4,62)63)28(15-19-13-20(42)16-21(43)14-19)49-30(59)18-58-37-31(34(51-58)38(44)45)22-11-12-27(22)41(37,46)47/h5-10,13-14,16-17,22,27-28,38H,11-12,15,18H2,1-4H3,(H,49,59)(H,52,54)(H,53,55)/t22-,27+,28?/m0/s1. The maximum Gasteiger partial charge on any atom is 0.293 e. The first-order valence-corrected chi connectivity index (χ1v) is 23.6. The highest BCUT2D eigenvalue weighted by atomic mass is 32.2. The summed E-state index contributed by atoms with van der Waals surface area (Å²) in [5.74, 6) is -8.49. The number of aryl methyl sites for hydroxylation is 2. The van der Waals surface area contributed by atoms with Crippen molar-refractivity contribution in [3.63, 3.8) is 0 Å². The fourth-order valence-electron chi connectivity index (χ4n) is 9.05. The zero-order valence-electron chi connectivity index (χ0n) is 34.6. The molecule has 3 atom stereocenters. The molecule has 3 N–H and O–H groups in total. The maximum atomic E-state index is 15.8. The van der Waals surface area contributed by atoms with E-state index in [0.717, 1.165) is 24.6 Å². The van der Waals surface area contributed by atoms with Crippen LogP contribution in [-0.4, -0.2) is 74.6 Å². The Bertz CT molecular complexity index is 3320. The predicted molar refractivity (Wildman–Crippen MR) is 226 cm³/mol. The summed E-state index contributed by atoms with van der Waals surface area (Å²) in [6.45, 7) is -0.941. The van der Waals surface area contributed by atoms with Crippen molar-refractivity contribution in [2.45, 2.75) is 50.1 Å². The van der Waals surface area contributed by atoms with E-state index in [2.05, 4.69) is 30.1 Å². The number of alkyl halides is 4. The van der Waals surface area contributed by atoms with Gasteiger partial charge in [-0.2, -0.15) is 24.1 Å². The van der Waals surface area contributed by atoms with Gasteiger partial charge in [0.2, 0.25) is 26.0 Å². The number of para-hydroxylation sites is 2. The number of fused-ring (bicyclic) bond motifs is 5. The second kappa shape index (κ2) is 15.6. The molecule has 0 spiro atoms. The molecule has 4 aromatic heterocycles. The number of sulfonamides is 2. The lowest BCUT2D eigenvalue weighted by atomic mass is 9.73. The first-order chi connectivity index (χ1) is 30.6. The average Bonchev–Trinajstić information content (AvgIpc) is 3.85. The van der Waals surface area contributed by atoms with Gasteiger partial charge in [-0.25, -0.2) is 39.4 Å². The van der Waals surface area contributed by atoms with Gasteiger partial charge in [-0.1, -0.05) is 24.3 Å². The molecule has 65 heavy (non-hydrogen) atoms. The van der Waals surface area contributed by atoms with Crippen molar-refractivity contribution in [2.24, 2.45) is 20.0 Å². The highest BCUT2D eigenvalue weighted by molar-refractivity contribution is 7.92. The van der Waals surface area contributed by atoms with Gasteiger partial charge < -0.3 is 5.32 Å². The molecule has 0 aliphatic heterocycles. The molecule has 2 aliphatic carbocycles. The monoisotopic (exact) mass is 941 g/mol. The van der Waals surface area contributed by atoms with Crippen LogP contribution in [0.1, 0.15) is 59.4 Å². The van der Waals surface area contributed by atoms with Gasteiger partial charge in [0.1, 0.15) is 29.6 Å². The Morgan fingerprint density at radius 2 is 1.42 bits per heavy atom. The first-order valence-electron chi connectivity index (χ1n) is 19.8. The van der Waals surface area contributed by atoms with Crippen molar-refractivity contribution in [3.05, 3.63) is 101 Å². The van der Waals surface area contributed by atoms with Crippen LogP contribution < -0.4 is 14.8 Å². The Labute approximate surface area is 366 Å². The molecule has 7 aromatic rings. The Morgan fingerprint density at radius 1 is 0.831 bits per heavy atom. The quantitative estimate of drug-likeness (QED) is 0.108. The van der Waals surface area contributed by atoms with E-state index in [1.807, 2.05) is 0 Å².